The van der Waals surface area contributed by atoms with Crippen molar-refractivity contribution >= 4 is 5.91 Å². The molecule has 1 aromatic carbocycles. The number of hydrogen-bond acceptors (Lipinski definition) is 2. The highest BCUT2D eigenvalue weighted by molar-refractivity contribution is 5.79. The molecule has 3 nitrogen and oxygen atoms in total. The van der Waals surface area contributed by atoms with Crippen molar-refractivity contribution in [2.45, 2.75) is 39.2 Å². The molecule has 2 N–H and O–H groups in total. The Morgan fingerprint density at radius 2 is 2.10 bits per heavy atom. The quantitative estimate of drug-likeness (QED) is 0.917. The fraction of sp³-hybridized carbons (Fsp3) is 0.588. The zero-order valence-corrected chi connectivity index (χ0v) is 12.6. The molecule has 2 unspecified atom stereocenters. The number of carbonyl (C=O) groups excluding carboxylic acids is 1. The molecule has 0 spiro atoms. The summed E-state index contributed by atoms with van der Waals surface area (Å²) in [5.41, 5.74) is 8.27. The topological polar surface area (TPSA) is 46.3 Å². The van der Waals surface area contributed by atoms with Crippen molar-refractivity contribution < 1.29 is 4.79 Å². The van der Waals surface area contributed by atoms with Crippen molar-refractivity contribution in [3.63, 3.8) is 0 Å². The van der Waals surface area contributed by atoms with E-state index in [0.717, 1.165) is 19.3 Å². The van der Waals surface area contributed by atoms with Crippen molar-refractivity contribution in [2.24, 2.45) is 17.6 Å². The van der Waals surface area contributed by atoms with Crippen LogP contribution in [0.2, 0.25) is 0 Å². The molecule has 1 aliphatic carbocycles. The summed E-state index contributed by atoms with van der Waals surface area (Å²) in [6, 6.07) is 8.35. The summed E-state index contributed by atoms with van der Waals surface area (Å²) in [6.45, 7) is 3.40. The van der Waals surface area contributed by atoms with Crippen molar-refractivity contribution in [3.8, 4) is 0 Å². The van der Waals surface area contributed by atoms with Gasteiger partial charge in [0.25, 0.3) is 0 Å². The van der Waals surface area contributed by atoms with Gasteiger partial charge in [-0.3, -0.25) is 4.79 Å². The predicted octanol–water partition coefficient (Wildman–Crippen LogP) is 2.72. The zero-order valence-electron chi connectivity index (χ0n) is 12.6. The highest BCUT2D eigenvalue weighted by Crippen LogP contribution is 2.30. The summed E-state index contributed by atoms with van der Waals surface area (Å²) in [5, 5.41) is 0. The molecule has 0 saturated heterocycles. The van der Waals surface area contributed by atoms with Crippen LogP contribution in [-0.4, -0.2) is 24.4 Å². The first-order valence-electron chi connectivity index (χ1n) is 7.62. The van der Waals surface area contributed by atoms with E-state index >= 15 is 0 Å². The molecule has 110 valence electrons. The van der Waals surface area contributed by atoms with Crippen LogP contribution in [-0.2, 0) is 11.3 Å². The molecule has 1 fully saturated rings. The summed E-state index contributed by atoms with van der Waals surface area (Å²) in [7, 11) is 1.91. The first-order valence-corrected chi connectivity index (χ1v) is 7.62. The van der Waals surface area contributed by atoms with Gasteiger partial charge in [-0.2, -0.15) is 0 Å². The summed E-state index contributed by atoms with van der Waals surface area (Å²) < 4.78 is 0. The van der Waals surface area contributed by atoms with E-state index in [4.69, 9.17) is 5.73 Å². The number of amides is 1. The second-order valence-electron chi connectivity index (χ2n) is 6.07. The second kappa shape index (κ2) is 6.89. The van der Waals surface area contributed by atoms with E-state index in [1.165, 1.54) is 17.5 Å². The minimum atomic E-state index is 0.128. The Hall–Kier alpha value is -1.35. The van der Waals surface area contributed by atoms with E-state index in [9.17, 15) is 4.79 Å². The van der Waals surface area contributed by atoms with Gasteiger partial charge in [-0.15, -0.1) is 0 Å². The van der Waals surface area contributed by atoms with E-state index < -0.39 is 0 Å². The molecule has 0 heterocycles. The third-order valence-corrected chi connectivity index (χ3v) is 4.41. The van der Waals surface area contributed by atoms with Gasteiger partial charge in [-0.05, 0) is 37.8 Å². The van der Waals surface area contributed by atoms with Crippen LogP contribution in [0.25, 0.3) is 0 Å². The van der Waals surface area contributed by atoms with Gasteiger partial charge in [0.05, 0.1) is 0 Å². The molecule has 0 bridgehead atoms. The Bertz CT molecular complexity index is 458. The molecule has 3 heteroatoms. The monoisotopic (exact) mass is 274 g/mol. The fourth-order valence-corrected chi connectivity index (χ4v) is 3.26. The Morgan fingerprint density at radius 1 is 1.35 bits per heavy atom. The maximum Gasteiger partial charge on any atom is 0.226 e. The molecular weight excluding hydrogens is 248 g/mol. The SMILES string of the molecule is Cc1cccc(CN(C)C(=O)C2CCCCC2CN)c1. The van der Waals surface area contributed by atoms with Gasteiger partial charge < -0.3 is 10.6 Å². The summed E-state index contributed by atoms with van der Waals surface area (Å²) in [5.74, 6) is 0.765. The maximum atomic E-state index is 12.6. The highest BCUT2D eigenvalue weighted by Gasteiger charge is 2.31. The lowest BCUT2D eigenvalue weighted by atomic mass is 9.78. The first kappa shape index (κ1) is 15.0. The van der Waals surface area contributed by atoms with Crippen LogP contribution in [0.15, 0.2) is 24.3 Å². The van der Waals surface area contributed by atoms with Gasteiger partial charge in [-0.25, -0.2) is 0 Å². The molecule has 1 aromatic rings. The molecule has 2 atom stereocenters. The van der Waals surface area contributed by atoms with Crippen LogP contribution < -0.4 is 5.73 Å². The second-order valence-corrected chi connectivity index (χ2v) is 6.07. The van der Waals surface area contributed by atoms with Crippen LogP contribution in [0.1, 0.15) is 36.8 Å². The molecule has 1 amide bonds. The van der Waals surface area contributed by atoms with Crippen molar-refractivity contribution in [2.75, 3.05) is 13.6 Å². The lowest BCUT2D eigenvalue weighted by Crippen LogP contribution is -2.40. The number of aryl methyl sites for hydroxylation is 1. The van der Waals surface area contributed by atoms with Gasteiger partial charge in [0.1, 0.15) is 0 Å². The van der Waals surface area contributed by atoms with Crippen LogP contribution in [0.4, 0.5) is 0 Å². The number of rotatable bonds is 4. The van der Waals surface area contributed by atoms with Gasteiger partial charge in [0, 0.05) is 19.5 Å². The molecule has 1 aliphatic rings. The molecular formula is C17H26N2O. The molecule has 0 radical (unpaired) electrons. The first-order chi connectivity index (χ1) is 9.61. The highest BCUT2D eigenvalue weighted by atomic mass is 16.2. The summed E-state index contributed by atoms with van der Waals surface area (Å²) in [4.78, 5) is 14.5. The van der Waals surface area contributed by atoms with E-state index in [1.54, 1.807) is 0 Å². The number of carbonyl (C=O) groups is 1. The van der Waals surface area contributed by atoms with Gasteiger partial charge in [0.15, 0.2) is 0 Å². The van der Waals surface area contributed by atoms with E-state index in [-0.39, 0.29) is 11.8 Å². The van der Waals surface area contributed by atoms with Crippen LogP contribution in [0, 0.1) is 18.8 Å². The molecule has 20 heavy (non-hydrogen) atoms. The minimum absolute atomic E-state index is 0.128. The Kier molecular flexibility index (Phi) is 5.18. The van der Waals surface area contributed by atoms with E-state index in [0.29, 0.717) is 19.0 Å². The van der Waals surface area contributed by atoms with Crippen LogP contribution in [0.3, 0.4) is 0 Å². The average Bonchev–Trinajstić information content (AvgIpc) is 2.46. The van der Waals surface area contributed by atoms with Gasteiger partial charge >= 0.3 is 0 Å². The number of nitrogens with two attached hydrogens (primary N) is 1. The normalized spacial score (nSPS) is 22.6. The summed E-state index contributed by atoms with van der Waals surface area (Å²) >= 11 is 0. The summed E-state index contributed by atoms with van der Waals surface area (Å²) in [6.07, 6.45) is 4.47. The van der Waals surface area contributed by atoms with Gasteiger partial charge in [-0.1, -0.05) is 42.7 Å². The third-order valence-electron chi connectivity index (χ3n) is 4.41. The lowest BCUT2D eigenvalue weighted by molar-refractivity contribution is -0.137. The van der Waals surface area contributed by atoms with Crippen LogP contribution in [0.5, 0.6) is 0 Å². The van der Waals surface area contributed by atoms with Crippen LogP contribution >= 0.6 is 0 Å². The smallest absolute Gasteiger partial charge is 0.226 e. The van der Waals surface area contributed by atoms with E-state index in [1.807, 2.05) is 18.0 Å². The fourth-order valence-electron chi connectivity index (χ4n) is 3.26. The average molecular weight is 274 g/mol. The van der Waals surface area contributed by atoms with Crippen molar-refractivity contribution in [1.29, 1.82) is 0 Å². The largest absolute Gasteiger partial charge is 0.341 e. The Balaban J connectivity index is 2.00. The van der Waals surface area contributed by atoms with Crippen molar-refractivity contribution in [1.82, 2.24) is 4.90 Å². The molecule has 1 saturated carbocycles. The van der Waals surface area contributed by atoms with E-state index in [2.05, 4.69) is 25.1 Å². The molecule has 0 aliphatic heterocycles. The van der Waals surface area contributed by atoms with Crippen molar-refractivity contribution in [3.05, 3.63) is 35.4 Å². The van der Waals surface area contributed by atoms with Gasteiger partial charge in [0.2, 0.25) is 5.91 Å². The molecule has 2 rings (SSSR count). The number of benzene rings is 1. The standard InChI is InChI=1S/C17H26N2O/c1-13-6-5-7-14(10-13)12-19(2)17(20)16-9-4-3-8-15(16)11-18/h5-7,10,15-16H,3-4,8-9,11-12,18H2,1-2H3. The molecule has 0 aromatic heterocycles. The third kappa shape index (κ3) is 3.60. The predicted molar refractivity (Wildman–Crippen MR) is 82.2 cm³/mol. The Labute approximate surface area is 122 Å². The maximum absolute atomic E-state index is 12.6. The Morgan fingerprint density at radius 3 is 2.80 bits per heavy atom. The zero-order chi connectivity index (χ0) is 14.5. The minimum Gasteiger partial charge on any atom is -0.341 e. The lowest BCUT2D eigenvalue weighted by Gasteiger charge is -2.32. The number of nitrogens with zero attached hydrogens (tertiary/aromatic N) is 1. The number of hydrogen-bond donors (Lipinski definition) is 1.